The molecule has 0 aliphatic carbocycles. The number of nitrogens with zero attached hydrogens (tertiary/aromatic N) is 2. The third-order valence-corrected chi connectivity index (χ3v) is 3.75. The van der Waals surface area contributed by atoms with Crippen LogP contribution in [0.2, 0.25) is 0 Å². The number of alkyl halides is 1. The predicted octanol–water partition coefficient (Wildman–Crippen LogP) is 0.0695. The fourth-order valence-electron chi connectivity index (χ4n) is 2.10. The van der Waals surface area contributed by atoms with E-state index in [4.69, 9.17) is 11.6 Å². The normalized spacial score (nSPS) is 14.7. The largest absolute Gasteiger partial charge is 0.386 e. The van der Waals surface area contributed by atoms with Crippen molar-refractivity contribution in [1.29, 1.82) is 0 Å². The van der Waals surface area contributed by atoms with Gasteiger partial charge in [-0.05, 0) is 43.3 Å². The van der Waals surface area contributed by atoms with Crippen molar-refractivity contribution in [2.45, 2.75) is 24.9 Å². The molecule has 2 rings (SSSR count). The van der Waals surface area contributed by atoms with Crippen LogP contribution in [0.15, 0.2) is 42.7 Å². The summed E-state index contributed by atoms with van der Waals surface area (Å²) in [5, 5.41) is 38.6. The van der Waals surface area contributed by atoms with Crippen LogP contribution in [0.1, 0.15) is 6.42 Å². The summed E-state index contributed by atoms with van der Waals surface area (Å²) in [6.07, 6.45) is -0.878. The Morgan fingerprint density at radius 2 is 1.96 bits per heavy atom. The SMILES string of the molecule is O=C(Nc1ccc(-n2cccn2)cc1)C(O)C(O)C(O)NCCCCl. The molecule has 0 saturated carbocycles. The maximum absolute atomic E-state index is 12.0. The van der Waals surface area contributed by atoms with E-state index < -0.39 is 24.3 Å². The quantitative estimate of drug-likeness (QED) is 0.243. The lowest BCUT2D eigenvalue weighted by Crippen LogP contribution is -2.50. The molecule has 2 aromatic rings. The molecule has 0 saturated heterocycles. The van der Waals surface area contributed by atoms with Gasteiger partial charge in [0, 0.05) is 24.0 Å². The molecule has 136 valence electrons. The van der Waals surface area contributed by atoms with Gasteiger partial charge in [-0.3, -0.25) is 10.1 Å². The molecule has 0 fully saturated rings. The number of hydrogen-bond acceptors (Lipinski definition) is 6. The fourth-order valence-corrected chi connectivity index (χ4v) is 2.23. The minimum absolute atomic E-state index is 0.352. The molecule has 5 N–H and O–H groups in total. The number of anilines is 1. The first-order valence-electron chi connectivity index (χ1n) is 7.77. The van der Waals surface area contributed by atoms with Crippen molar-refractivity contribution in [2.24, 2.45) is 0 Å². The van der Waals surface area contributed by atoms with Crippen LogP contribution in [-0.2, 0) is 4.79 Å². The number of aliphatic hydroxyl groups excluding tert-OH is 3. The van der Waals surface area contributed by atoms with Gasteiger partial charge in [0.2, 0.25) is 0 Å². The smallest absolute Gasteiger partial charge is 0.256 e. The number of aliphatic hydroxyl groups is 3. The van der Waals surface area contributed by atoms with E-state index in [0.717, 1.165) is 5.69 Å². The summed E-state index contributed by atoms with van der Waals surface area (Å²) in [7, 11) is 0. The van der Waals surface area contributed by atoms with Crippen LogP contribution in [0.3, 0.4) is 0 Å². The van der Waals surface area contributed by atoms with Gasteiger partial charge in [-0.15, -0.1) is 11.6 Å². The maximum atomic E-state index is 12.0. The maximum Gasteiger partial charge on any atom is 0.256 e. The van der Waals surface area contributed by atoms with E-state index in [2.05, 4.69) is 15.7 Å². The molecule has 0 spiro atoms. The van der Waals surface area contributed by atoms with Crippen LogP contribution in [-0.4, -0.2) is 61.9 Å². The zero-order chi connectivity index (χ0) is 18.2. The molecule has 3 atom stereocenters. The van der Waals surface area contributed by atoms with Crippen LogP contribution in [0.5, 0.6) is 0 Å². The lowest BCUT2D eigenvalue weighted by Gasteiger charge is -2.23. The molecule has 1 aromatic carbocycles. The molecule has 0 aliphatic rings. The van der Waals surface area contributed by atoms with Gasteiger partial charge in [-0.2, -0.15) is 5.10 Å². The van der Waals surface area contributed by atoms with E-state index in [1.807, 2.05) is 0 Å². The monoisotopic (exact) mass is 368 g/mol. The second-order valence-corrected chi connectivity index (χ2v) is 5.74. The van der Waals surface area contributed by atoms with Crippen molar-refractivity contribution >= 4 is 23.2 Å². The Balaban J connectivity index is 1.89. The van der Waals surface area contributed by atoms with Gasteiger partial charge >= 0.3 is 0 Å². The average Bonchev–Trinajstić information content (AvgIpc) is 3.15. The Bertz CT molecular complexity index is 651. The Morgan fingerprint density at radius 3 is 2.56 bits per heavy atom. The van der Waals surface area contributed by atoms with Gasteiger partial charge in [0.25, 0.3) is 5.91 Å². The summed E-state index contributed by atoms with van der Waals surface area (Å²) in [4.78, 5) is 12.0. The summed E-state index contributed by atoms with van der Waals surface area (Å²) >= 11 is 5.51. The van der Waals surface area contributed by atoms with Gasteiger partial charge in [0.1, 0.15) is 12.3 Å². The summed E-state index contributed by atoms with van der Waals surface area (Å²) in [5.41, 5.74) is 1.25. The van der Waals surface area contributed by atoms with Crippen LogP contribution in [0, 0.1) is 0 Å². The Morgan fingerprint density at radius 1 is 1.24 bits per heavy atom. The number of amides is 1. The number of nitrogens with one attached hydrogen (secondary N) is 2. The third kappa shape index (κ3) is 5.52. The van der Waals surface area contributed by atoms with Gasteiger partial charge in [0.15, 0.2) is 6.10 Å². The van der Waals surface area contributed by atoms with E-state index >= 15 is 0 Å². The van der Waals surface area contributed by atoms with Crippen molar-refractivity contribution < 1.29 is 20.1 Å². The van der Waals surface area contributed by atoms with E-state index in [1.54, 1.807) is 47.4 Å². The lowest BCUT2D eigenvalue weighted by atomic mass is 10.1. The minimum Gasteiger partial charge on any atom is -0.386 e. The molecule has 9 heteroatoms. The summed E-state index contributed by atoms with van der Waals surface area (Å²) in [6, 6.07) is 8.56. The fraction of sp³-hybridized carbons (Fsp3) is 0.375. The van der Waals surface area contributed by atoms with Crippen molar-refractivity contribution in [1.82, 2.24) is 15.1 Å². The zero-order valence-electron chi connectivity index (χ0n) is 13.4. The molecule has 1 heterocycles. The second kappa shape index (κ2) is 9.50. The topological polar surface area (TPSA) is 120 Å². The summed E-state index contributed by atoms with van der Waals surface area (Å²) < 4.78 is 1.66. The lowest BCUT2D eigenvalue weighted by molar-refractivity contribution is -0.136. The molecule has 0 bridgehead atoms. The Labute approximate surface area is 150 Å². The number of rotatable bonds is 9. The Hall–Kier alpha value is -1.97. The van der Waals surface area contributed by atoms with Gasteiger partial charge < -0.3 is 20.6 Å². The summed E-state index contributed by atoms with van der Waals surface area (Å²) in [5.74, 6) is -0.426. The highest BCUT2D eigenvalue weighted by molar-refractivity contribution is 6.17. The van der Waals surface area contributed by atoms with Crippen molar-refractivity contribution in [3.63, 3.8) is 0 Å². The summed E-state index contributed by atoms with van der Waals surface area (Å²) in [6.45, 7) is 0.352. The third-order valence-electron chi connectivity index (χ3n) is 3.48. The van der Waals surface area contributed by atoms with E-state index in [0.29, 0.717) is 24.5 Å². The first-order valence-corrected chi connectivity index (χ1v) is 8.31. The average molecular weight is 369 g/mol. The molecule has 3 unspecified atom stereocenters. The highest BCUT2D eigenvalue weighted by Gasteiger charge is 2.30. The molecule has 25 heavy (non-hydrogen) atoms. The molecule has 8 nitrogen and oxygen atoms in total. The predicted molar refractivity (Wildman–Crippen MR) is 93.6 cm³/mol. The van der Waals surface area contributed by atoms with Crippen LogP contribution >= 0.6 is 11.6 Å². The van der Waals surface area contributed by atoms with Crippen LogP contribution in [0.25, 0.3) is 5.69 Å². The second-order valence-electron chi connectivity index (χ2n) is 5.36. The molecular formula is C16H21ClN4O4. The van der Waals surface area contributed by atoms with Crippen LogP contribution < -0.4 is 10.6 Å². The Kier molecular flexibility index (Phi) is 7.35. The van der Waals surface area contributed by atoms with Gasteiger partial charge in [-0.1, -0.05) is 0 Å². The van der Waals surface area contributed by atoms with E-state index in [9.17, 15) is 20.1 Å². The van der Waals surface area contributed by atoms with Crippen molar-refractivity contribution in [3.8, 4) is 5.69 Å². The number of hydrogen-bond donors (Lipinski definition) is 5. The number of aromatic nitrogens is 2. The molecule has 0 radical (unpaired) electrons. The number of carbonyl (C=O) groups excluding carboxylic acids is 1. The number of halogens is 1. The minimum atomic E-state index is -1.79. The van der Waals surface area contributed by atoms with Gasteiger partial charge in [-0.25, -0.2) is 4.68 Å². The first-order chi connectivity index (χ1) is 12.0. The number of carbonyl (C=O) groups is 1. The van der Waals surface area contributed by atoms with E-state index in [-0.39, 0.29) is 0 Å². The van der Waals surface area contributed by atoms with Gasteiger partial charge in [0.05, 0.1) is 5.69 Å². The highest BCUT2D eigenvalue weighted by Crippen LogP contribution is 2.13. The molecule has 1 aromatic heterocycles. The number of benzene rings is 1. The molecule has 0 aliphatic heterocycles. The van der Waals surface area contributed by atoms with Crippen molar-refractivity contribution in [2.75, 3.05) is 17.7 Å². The van der Waals surface area contributed by atoms with E-state index in [1.165, 1.54) is 0 Å². The van der Waals surface area contributed by atoms with Crippen molar-refractivity contribution in [3.05, 3.63) is 42.7 Å². The highest BCUT2D eigenvalue weighted by atomic mass is 35.5. The van der Waals surface area contributed by atoms with Crippen LogP contribution in [0.4, 0.5) is 5.69 Å². The standard InChI is InChI=1S/C16H21ClN4O4/c17-7-1-8-18-15(24)13(22)14(23)16(25)20-11-3-5-12(6-4-11)21-10-2-9-19-21/h2-6,9-10,13-15,18,22-24H,1,7-8H2,(H,20,25). The first kappa shape index (κ1) is 19.4. The molecular weight excluding hydrogens is 348 g/mol. The zero-order valence-corrected chi connectivity index (χ0v) is 14.2. The molecule has 1 amide bonds.